The molecule has 1 atom stereocenters. The number of anilines is 2. The zero-order valence-corrected chi connectivity index (χ0v) is 24.3. The van der Waals surface area contributed by atoms with E-state index in [-0.39, 0.29) is 11.2 Å². The fourth-order valence-electron chi connectivity index (χ4n) is 5.22. The molecule has 2 heterocycles. The zero-order valence-electron chi connectivity index (χ0n) is 24.3. The fourth-order valence-corrected chi connectivity index (χ4v) is 5.22. The molecule has 42 heavy (non-hydrogen) atoms. The molecule has 0 amide bonds. The first-order chi connectivity index (χ1) is 20.1. The SMILES string of the molecule is BC(Nc1cc(-c2ccccc2)c2ncc(C#N)c(NCC(C)(C)C)c2c1)(c1ccc(F)cc1)c1cn(C2CC2)nn1. The molecule has 1 unspecified atom stereocenters. The summed E-state index contributed by atoms with van der Waals surface area (Å²) in [6, 6.07) is 23.4. The maximum absolute atomic E-state index is 14.0. The smallest absolute Gasteiger partial charge is 0.148 e. The van der Waals surface area contributed by atoms with Crippen LogP contribution in [0.1, 0.15) is 56.5 Å². The van der Waals surface area contributed by atoms with Gasteiger partial charge in [0.15, 0.2) is 0 Å². The molecule has 3 aromatic carbocycles. The number of rotatable bonds is 8. The second-order valence-electron chi connectivity index (χ2n) is 12.4. The molecule has 1 fully saturated rings. The van der Waals surface area contributed by atoms with Crippen LogP contribution in [-0.4, -0.2) is 34.4 Å². The van der Waals surface area contributed by atoms with Gasteiger partial charge in [-0.2, -0.15) is 5.26 Å². The molecule has 0 bridgehead atoms. The van der Waals surface area contributed by atoms with Crippen molar-refractivity contribution in [1.82, 2.24) is 20.0 Å². The van der Waals surface area contributed by atoms with Crippen LogP contribution in [0.3, 0.4) is 0 Å². The van der Waals surface area contributed by atoms with Gasteiger partial charge in [0.1, 0.15) is 25.4 Å². The summed E-state index contributed by atoms with van der Waals surface area (Å²) in [4.78, 5) is 4.77. The highest BCUT2D eigenvalue weighted by Crippen LogP contribution is 2.40. The molecule has 0 spiro atoms. The lowest BCUT2D eigenvalue weighted by atomic mass is 9.69. The van der Waals surface area contributed by atoms with Crippen molar-refractivity contribution in [2.75, 3.05) is 17.2 Å². The third-order valence-electron chi connectivity index (χ3n) is 7.73. The molecule has 2 aromatic heterocycles. The van der Waals surface area contributed by atoms with E-state index in [0.29, 0.717) is 18.2 Å². The van der Waals surface area contributed by atoms with E-state index in [1.165, 1.54) is 12.1 Å². The third kappa shape index (κ3) is 5.45. The largest absolute Gasteiger partial charge is 0.383 e. The van der Waals surface area contributed by atoms with Crippen LogP contribution in [0.2, 0.25) is 0 Å². The van der Waals surface area contributed by atoms with Crippen LogP contribution in [0.15, 0.2) is 79.1 Å². The Balaban J connectivity index is 1.55. The van der Waals surface area contributed by atoms with Crippen molar-refractivity contribution < 1.29 is 4.39 Å². The number of nitriles is 1. The van der Waals surface area contributed by atoms with Crippen LogP contribution in [0.25, 0.3) is 22.0 Å². The molecule has 5 aromatic rings. The van der Waals surface area contributed by atoms with Gasteiger partial charge in [-0.3, -0.25) is 4.98 Å². The molecule has 1 aliphatic carbocycles. The van der Waals surface area contributed by atoms with E-state index in [1.807, 2.05) is 43.0 Å². The van der Waals surface area contributed by atoms with Crippen LogP contribution in [0.5, 0.6) is 0 Å². The highest BCUT2D eigenvalue weighted by atomic mass is 19.1. The van der Waals surface area contributed by atoms with E-state index >= 15 is 0 Å². The monoisotopic (exact) mass is 557 g/mol. The number of hydrogen-bond acceptors (Lipinski definition) is 6. The Labute approximate surface area is 246 Å². The van der Waals surface area contributed by atoms with Gasteiger partial charge in [-0.25, -0.2) is 9.07 Å². The van der Waals surface area contributed by atoms with Crippen LogP contribution < -0.4 is 10.6 Å². The van der Waals surface area contributed by atoms with Crippen LogP contribution in [-0.2, 0) is 5.44 Å². The summed E-state index contributed by atoms with van der Waals surface area (Å²) in [5.74, 6) is -0.301. The summed E-state index contributed by atoms with van der Waals surface area (Å²) in [6.45, 7) is 7.14. The van der Waals surface area contributed by atoms with Crippen molar-refractivity contribution in [3.8, 4) is 17.2 Å². The lowest BCUT2D eigenvalue weighted by Crippen LogP contribution is -2.37. The Hall–Kier alpha value is -4.71. The lowest BCUT2D eigenvalue weighted by molar-refractivity contribution is 0.443. The van der Waals surface area contributed by atoms with Gasteiger partial charge in [0.25, 0.3) is 0 Å². The van der Waals surface area contributed by atoms with E-state index in [1.54, 1.807) is 18.3 Å². The van der Waals surface area contributed by atoms with E-state index in [2.05, 4.69) is 66.0 Å². The van der Waals surface area contributed by atoms with Gasteiger partial charge >= 0.3 is 0 Å². The molecule has 1 saturated carbocycles. The Morgan fingerprint density at radius 1 is 1.07 bits per heavy atom. The van der Waals surface area contributed by atoms with Gasteiger partial charge < -0.3 is 10.6 Å². The Kier molecular flexibility index (Phi) is 6.93. The third-order valence-corrected chi connectivity index (χ3v) is 7.73. The number of nitrogens with zero attached hydrogens (tertiary/aromatic N) is 5. The van der Waals surface area contributed by atoms with Gasteiger partial charge in [0.05, 0.1) is 34.4 Å². The minimum atomic E-state index is -0.832. The van der Waals surface area contributed by atoms with Gasteiger partial charge in [0, 0.05) is 29.4 Å². The van der Waals surface area contributed by atoms with E-state index in [9.17, 15) is 9.65 Å². The minimum absolute atomic E-state index is 0.00498. The van der Waals surface area contributed by atoms with Crippen molar-refractivity contribution in [3.63, 3.8) is 0 Å². The first-order valence-corrected chi connectivity index (χ1v) is 14.3. The van der Waals surface area contributed by atoms with Crippen LogP contribution in [0, 0.1) is 22.6 Å². The fraction of sp³-hybridized carbons (Fsp3) is 0.273. The summed E-state index contributed by atoms with van der Waals surface area (Å²) in [5.41, 5.74) is 5.53. The van der Waals surface area contributed by atoms with Gasteiger partial charge in [-0.05, 0) is 53.6 Å². The Morgan fingerprint density at radius 3 is 2.48 bits per heavy atom. The Morgan fingerprint density at radius 2 is 1.81 bits per heavy atom. The number of hydrogen-bond donors (Lipinski definition) is 2. The lowest BCUT2D eigenvalue weighted by Gasteiger charge is -2.31. The second kappa shape index (κ2) is 10.6. The molecule has 210 valence electrons. The van der Waals surface area contributed by atoms with Crippen molar-refractivity contribution in [3.05, 3.63) is 102 Å². The summed E-state index contributed by atoms with van der Waals surface area (Å²) < 4.78 is 15.9. The summed E-state index contributed by atoms with van der Waals surface area (Å²) in [5, 5.41) is 27.2. The normalized spacial score (nSPS) is 14.7. The van der Waals surface area contributed by atoms with Gasteiger partial charge in [-0.15, -0.1) is 5.10 Å². The predicted octanol–water partition coefficient (Wildman–Crippen LogP) is 6.24. The first-order valence-electron chi connectivity index (χ1n) is 14.3. The van der Waals surface area contributed by atoms with Crippen molar-refractivity contribution in [2.45, 2.75) is 45.1 Å². The average molecular weight is 557 g/mol. The molecular formula is C33H33BFN7. The molecule has 2 N–H and O–H groups in total. The van der Waals surface area contributed by atoms with E-state index in [0.717, 1.165) is 57.5 Å². The zero-order chi connectivity index (χ0) is 29.5. The molecule has 7 nitrogen and oxygen atoms in total. The summed E-state index contributed by atoms with van der Waals surface area (Å²) >= 11 is 0. The number of pyridine rings is 1. The number of nitrogens with one attached hydrogen (secondary N) is 2. The number of aromatic nitrogens is 4. The van der Waals surface area contributed by atoms with Crippen LogP contribution in [0.4, 0.5) is 15.8 Å². The summed E-state index contributed by atoms with van der Waals surface area (Å²) in [7, 11) is 2.04. The minimum Gasteiger partial charge on any atom is -0.383 e. The van der Waals surface area contributed by atoms with Gasteiger partial charge in [-0.1, -0.05) is 68.4 Å². The highest BCUT2D eigenvalue weighted by molar-refractivity contribution is 6.19. The van der Waals surface area contributed by atoms with E-state index < -0.39 is 5.44 Å². The molecule has 9 heteroatoms. The first kappa shape index (κ1) is 27.5. The van der Waals surface area contributed by atoms with Crippen molar-refractivity contribution in [2.24, 2.45) is 5.41 Å². The standard InChI is InChI=1S/C33H33BFN7/c1-32(2,3)20-38-30-22(17-36)18-37-31-27(21-7-5-4-6-8-21)15-25(16-28(30)31)39-33(34,23-9-11-24(35)12-10-23)29-19-42(41-40-29)26-13-14-26/h4-12,15-16,18-19,26,39H,13-14,20,34H2,1-3H3,(H,37,38). The Bertz CT molecular complexity index is 1780. The predicted molar refractivity (Wildman–Crippen MR) is 167 cm³/mol. The number of halogens is 1. The second-order valence-corrected chi connectivity index (χ2v) is 12.4. The van der Waals surface area contributed by atoms with E-state index in [4.69, 9.17) is 4.98 Å². The van der Waals surface area contributed by atoms with Crippen molar-refractivity contribution in [1.29, 1.82) is 5.26 Å². The molecule has 1 aliphatic rings. The van der Waals surface area contributed by atoms with Crippen molar-refractivity contribution >= 4 is 30.1 Å². The highest BCUT2D eigenvalue weighted by Gasteiger charge is 2.34. The molecule has 0 aliphatic heterocycles. The molecule has 0 radical (unpaired) electrons. The molecule has 6 rings (SSSR count). The maximum Gasteiger partial charge on any atom is 0.148 e. The van der Waals surface area contributed by atoms with Crippen LogP contribution >= 0.6 is 0 Å². The number of fused-ring (bicyclic) bond motifs is 1. The number of benzene rings is 3. The molecular weight excluding hydrogens is 524 g/mol. The molecule has 0 saturated heterocycles. The quantitative estimate of drug-likeness (QED) is 0.220. The average Bonchev–Trinajstić information content (AvgIpc) is 3.71. The summed E-state index contributed by atoms with van der Waals surface area (Å²) in [6.07, 6.45) is 5.81. The van der Waals surface area contributed by atoms with Gasteiger partial charge in [0.2, 0.25) is 0 Å². The topological polar surface area (TPSA) is 91.5 Å². The maximum atomic E-state index is 14.0.